The lowest BCUT2D eigenvalue weighted by Gasteiger charge is -2.14. The normalized spacial score (nSPS) is 14.0. The highest BCUT2D eigenvalue weighted by Crippen LogP contribution is 2.20. The Labute approximate surface area is 127 Å². The Balaban J connectivity index is 1.66. The summed E-state index contributed by atoms with van der Waals surface area (Å²) < 4.78 is 13.9. The van der Waals surface area contributed by atoms with E-state index in [0.717, 1.165) is 6.20 Å². The topological polar surface area (TPSA) is 70.2 Å². The fourth-order valence-corrected chi connectivity index (χ4v) is 2.28. The number of rotatable bonds is 5. The molecule has 22 heavy (non-hydrogen) atoms. The largest absolute Gasteiger partial charge is 0.352 e. The molecule has 0 spiro atoms. The van der Waals surface area contributed by atoms with Gasteiger partial charge in [-0.2, -0.15) is 0 Å². The molecule has 2 N–H and O–H groups in total. The van der Waals surface area contributed by atoms with E-state index in [4.69, 9.17) is 0 Å². The van der Waals surface area contributed by atoms with Crippen LogP contribution in [0, 0.1) is 5.82 Å². The molecule has 6 nitrogen and oxygen atoms in total. The number of urea groups is 1. The molecule has 0 radical (unpaired) electrons. The second kappa shape index (κ2) is 6.38. The number of nitrogens with one attached hydrogen (secondary N) is 2. The highest BCUT2D eigenvalue weighted by atomic mass is 19.1. The Hall–Kier alpha value is -2.70. The van der Waals surface area contributed by atoms with Crippen LogP contribution in [0.2, 0.25) is 0 Å². The van der Waals surface area contributed by atoms with Gasteiger partial charge >= 0.3 is 6.03 Å². The molecule has 0 bridgehead atoms. The van der Waals surface area contributed by atoms with Crippen LogP contribution in [0.5, 0.6) is 0 Å². The van der Waals surface area contributed by atoms with Gasteiger partial charge in [0, 0.05) is 31.7 Å². The number of hydrogen-bond acceptors (Lipinski definition) is 4. The molecule has 3 rings (SSSR count). The second-order valence-corrected chi connectivity index (χ2v) is 4.90. The van der Waals surface area contributed by atoms with Gasteiger partial charge in [0.25, 0.3) is 0 Å². The molecule has 0 atom stereocenters. The fourth-order valence-electron chi connectivity index (χ4n) is 2.28. The van der Waals surface area contributed by atoms with Crippen LogP contribution in [-0.2, 0) is 0 Å². The van der Waals surface area contributed by atoms with Crippen molar-refractivity contribution < 1.29 is 9.18 Å². The van der Waals surface area contributed by atoms with Crippen LogP contribution in [0.25, 0.3) is 11.3 Å². The van der Waals surface area contributed by atoms with Gasteiger partial charge in [0.05, 0.1) is 6.20 Å². The maximum atomic E-state index is 13.9. The lowest BCUT2D eigenvalue weighted by Crippen LogP contribution is -2.32. The number of hydrogen-bond donors (Lipinski definition) is 2. The molecule has 2 aromatic rings. The summed E-state index contributed by atoms with van der Waals surface area (Å²) in [6.45, 7) is 2.42. The highest BCUT2D eigenvalue weighted by molar-refractivity contribution is 5.76. The first kappa shape index (κ1) is 14.2. The zero-order valence-electron chi connectivity index (χ0n) is 11.9. The van der Waals surface area contributed by atoms with E-state index in [-0.39, 0.29) is 11.7 Å². The molecule has 0 saturated carbocycles. The van der Waals surface area contributed by atoms with Crippen molar-refractivity contribution in [3.05, 3.63) is 42.3 Å². The molecule has 0 aliphatic carbocycles. The molecule has 1 saturated heterocycles. The van der Waals surface area contributed by atoms with Crippen molar-refractivity contribution in [1.29, 1.82) is 0 Å². The van der Waals surface area contributed by atoms with Gasteiger partial charge < -0.3 is 15.5 Å². The van der Waals surface area contributed by atoms with E-state index in [2.05, 4.69) is 20.6 Å². The van der Waals surface area contributed by atoms with Crippen LogP contribution in [0.4, 0.5) is 15.1 Å². The standard InChI is InChI=1S/C15H16FN5O/c16-12-10-19-14(17-6-8-21-9-7-18-15(21)22)20-13(12)11-4-2-1-3-5-11/h1-5,10H,6-9H2,(H,18,22)(H,17,19,20). The highest BCUT2D eigenvalue weighted by Gasteiger charge is 2.18. The van der Waals surface area contributed by atoms with E-state index in [1.807, 2.05) is 18.2 Å². The molecule has 7 heteroatoms. The van der Waals surface area contributed by atoms with Crippen LogP contribution in [0.15, 0.2) is 36.5 Å². The summed E-state index contributed by atoms with van der Waals surface area (Å²) in [6.07, 6.45) is 1.15. The molecule has 2 heterocycles. The predicted octanol–water partition coefficient (Wildman–Crippen LogP) is 1.72. The van der Waals surface area contributed by atoms with Gasteiger partial charge in [0.2, 0.25) is 5.95 Å². The van der Waals surface area contributed by atoms with Gasteiger partial charge in [0.15, 0.2) is 5.82 Å². The average molecular weight is 301 g/mol. The first-order valence-corrected chi connectivity index (χ1v) is 7.08. The lowest BCUT2D eigenvalue weighted by molar-refractivity contribution is 0.219. The summed E-state index contributed by atoms with van der Waals surface area (Å²) in [5.74, 6) is -0.115. The predicted molar refractivity (Wildman–Crippen MR) is 80.9 cm³/mol. The van der Waals surface area contributed by atoms with Crippen molar-refractivity contribution in [2.75, 3.05) is 31.5 Å². The van der Waals surface area contributed by atoms with Gasteiger partial charge in [-0.1, -0.05) is 30.3 Å². The number of nitrogens with zero attached hydrogens (tertiary/aromatic N) is 3. The first-order chi connectivity index (χ1) is 10.7. The molecular weight excluding hydrogens is 285 g/mol. The van der Waals surface area contributed by atoms with Gasteiger partial charge in [-0.15, -0.1) is 0 Å². The van der Waals surface area contributed by atoms with Crippen molar-refractivity contribution in [2.45, 2.75) is 0 Å². The Morgan fingerprint density at radius 1 is 1.32 bits per heavy atom. The van der Waals surface area contributed by atoms with Crippen molar-refractivity contribution in [1.82, 2.24) is 20.2 Å². The van der Waals surface area contributed by atoms with Crippen molar-refractivity contribution in [2.24, 2.45) is 0 Å². The zero-order chi connectivity index (χ0) is 15.4. The zero-order valence-corrected chi connectivity index (χ0v) is 11.9. The average Bonchev–Trinajstić information content (AvgIpc) is 2.95. The quantitative estimate of drug-likeness (QED) is 0.882. The van der Waals surface area contributed by atoms with Crippen LogP contribution in [0.1, 0.15) is 0 Å². The third kappa shape index (κ3) is 3.13. The van der Waals surface area contributed by atoms with E-state index in [1.54, 1.807) is 17.0 Å². The molecular formula is C15H16FN5O. The number of halogens is 1. The van der Waals surface area contributed by atoms with Gasteiger partial charge in [-0.25, -0.2) is 19.2 Å². The number of benzene rings is 1. The maximum Gasteiger partial charge on any atom is 0.317 e. The smallest absolute Gasteiger partial charge is 0.317 e. The van der Waals surface area contributed by atoms with Crippen molar-refractivity contribution >= 4 is 12.0 Å². The van der Waals surface area contributed by atoms with E-state index in [0.29, 0.717) is 37.7 Å². The number of anilines is 1. The number of carbonyl (C=O) groups is 1. The van der Waals surface area contributed by atoms with E-state index in [1.165, 1.54) is 0 Å². The number of aromatic nitrogens is 2. The lowest BCUT2D eigenvalue weighted by atomic mass is 10.1. The van der Waals surface area contributed by atoms with Crippen LogP contribution in [0.3, 0.4) is 0 Å². The summed E-state index contributed by atoms with van der Waals surface area (Å²) in [6, 6.07) is 9.05. The summed E-state index contributed by atoms with van der Waals surface area (Å²) in [7, 11) is 0. The van der Waals surface area contributed by atoms with E-state index in [9.17, 15) is 9.18 Å². The van der Waals surface area contributed by atoms with E-state index < -0.39 is 5.82 Å². The molecule has 0 unspecified atom stereocenters. The molecule has 1 aliphatic rings. The minimum atomic E-state index is -0.462. The van der Waals surface area contributed by atoms with Crippen LogP contribution < -0.4 is 10.6 Å². The number of carbonyl (C=O) groups excluding carboxylic acids is 1. The van der Waals surface area contributed by atoms with Crippen molar-refractivity contribution in [3.8, 4) is 11.3 Å². The van der Waals surface area contributed by atoms with Crippen LogP contribution in [-0.4, -0.2) is 47.1 Å². The molecule has 1 aliphatic heterocycles. The van der Waals surface area contributed by atoms with Gasteiger partial charge in [-0.05, 0) is 0 Å². The van der Waals surface area contributed by atoms with Gasteiger partial charge in [0.1, 0.15) is 5.69 Å². The van der Waals surface area contributed by atoms with Gasteiger partial charge in [-0.3, -0.25) is 0 Å². The minimum absolute atomic E-state index is 0.0631. The molecule has 1 aromatic heterocycles. The Kier molecular flexibility index (Phi) is 4.13. The molecule has 114 valence electrons. The fraction of sp³-hybridized carbons (Fsp3) is 0.267. The van der Waals surface area contributed by atoms with E-state index >= 15 is 0 Å². The third-order valence-electron chi connectivity index (χ3n) is 3.40. The summed E-state index contributed by atoms with van der Waals surface area (Å²) in [4.78, 5) is 21.3. The molecule has 1 fully saturated rings. The Morgan fingerprint density at radius 3 is 2.86 bits per heavy atom. The maximum absolute atomic E-state index is 13.9. The summed E-state index contributed by atoms with van der Waals surface area (Å²) in [5.41, 5.74) is 0.960. The van der Waals surface area contributed by atoms with Crippen LogP contribution >= 0.6 is 0 Å². The third-order valence-corrected chi connectivity index (χ3v) is 3.40. The second-order valence-electron chi connectivity index (χ2n) is 4.90. The number of amides is 2. The Bertz CT molecular complexity index is 664. The monoisotopic (exact) mass is 301 g/mol. The molecule has 1 aromatic carbocycles. The Morgan fingerprint density at radius 2 is 2.14 bits per heavy atom. The minimum Gasteiger partial charge on any atom is -0.352 e. The SMILES string of the molecule is O=C1NCCN1CCNc1ncc(F)c(-c2ccccc2)n1. The first-order valence-electron chi connectivity index (χ1n) is 7.08. The summed E-state index contributed by atoms with van der Waals surface area (Å²) in [5, 5.41) is 5.75. The molecule has 2 amide bonds. The summed E-state index contributed by atoms with van der Waals surface area (Å²) >= 11 is 0. The van der Waals surface area contributed by atoms with Crippen molar-refractivity contribution in [3.63, 3.8) is 0 Å².